The third kappa shape index (κ3) is 13.6. The Balaban J connectivity index is 1.77. The number of aliphatic hydroxyl groups excluding tert-OH is 1. The highest BCUT2D eigenvalue weighted by molar-refractivity contribution is 5.97. The van der Waals surface area contributed by atoms with E-state index in [2.05, 4.69) is 31.9 Å². The number of benzene rings is 1. The Hall–Kier alpha value is -5.30. The number of aliphatic hydroxyl groups is 1. The average molecular weight is 857 g/mol. The number of aliphatic carboxylic acids is 1. The second-order valence-electron chi connectivity index (χ2n) is 18.0. The van der Waals surface area contributed by atoms with Crippen LogP contribution in [-0.2, 0) is 44.8 Å². The minimum Gasteiger partial charge on any atom is -0.508 e. The number of carboxylic acids is 1. The predicted molar refractivity (Wildman–Crippen MR) is 221 cm³/mol. The van der Waals surface area contributed by atoms with Crippen LogP contribution in [-0.4, -0.2) is 146 Å². The number of phenolic OH excluding ortho intramolecular Hbond substituents is 1. The van der Waals surface area contributed by atoms with Gasteiger partial charge in [0.1, 0.15) is 36.0 Å². The van der Waals surface area contributed by atoms with Crippen molar-refractivity contribution < 1.29 is 53.7 Å². The van der Waals surface area contributed by atoms with Gasteiger partial charge < -0.3 is 52.1 Å². The number of piperidine rings is 1. The zero-order chi connectivity index (χ0) is 45.3. The maximum absolute atomic E-state index is 14.4. The quantitative estimate of drug-likeness (QED) is 0.147. The molecule has 9 N–H and O–H groups in total. The summed E-state index contributed by atoms with van der Waals surface area (Å²) >= 11 is 0. The van der Waals surface area contributed by atoms with Crippen molar-refractivity contribution in [3.05, 3.63) is 29.8 Å². The number of carbonyl (C=O) groups excluding carboxylic acids is 7. The van der Waals surface area contributed by atoms with E-state index in [0.29, 0.717) is 18.4 Å². The van der Waals surface area contributed by atoms with Gasteiger partial charge in [0.25, 0.3) is 0 Å². The molecule has 0 radical (unpaired) electrons. The summed E-state index contributed by atoms with van der Waals surface area (Å²) in [5, 5.41) is 46.5. The van der Waals surface area contributed by atoms with Gasteiger partial charge in [-0.1, -0.05) is 26.0 Å². The first-order chi connectivity index (χ1) is 28.5. The molecule has 338 valence electrons. The minimum absolute atomic E-state index is 0.0235. The lowest BCUT2D eigenvalue weighted by molar-refractivity contribution is -0.142. The van der Waals surface area contributed by atoms with Crippen molar-refractivity contribution in [3.8, 4) is 5.75 Å². The van der Waals surface area contributed by atoms with Gasteiger partial charge in [0.2, 0.25) is 41.4 Å². The van der Waals surface area contributed by atoms with E-state index >= 15 is 0 Å². The van der Waals surface area contributed by atoms with Gasteiger partial charge in [-0.05, 0) is 96.9 Å². The standard InChI is InChI=1S/C42H64N8O11/c1-22(2)19-28-36(56)45-29(21-32(53)54)37(57)47-33(24(4)51)39(59)43-23(3)34(40(60)48-42(5,6)7)50-16-8-9-31(50)38(58)46-30(20-25-10-12-27(52)13-11-25)41(61)49-17-14-26(15-18-49)35(55)44-28/h10-13,22-24,26,28-31,33-34,51-52H,8-9,14-21H2,1-7H3,(H,43,59)(H,44,55)(H,45,56)(H,46,58)(H,47,57)(H,48,60)(H,53,54)/t23-,24+,28+,29+,30-,31-,33-,34?/m0/s1. The summed E-state index contributed by atoms with van der Waals surface area (Å²) in [4.78, 5) is 113. The SMILES string of the molecule is CC(C)C[C@H]1NC(=O)C2CCN(CC2)C(=O)[C@H](Cc2ccc(O)cc2)NC(=O)[C@@H]2CCCN2C(C(=O)NC(C)(C)C)[C@H](C)NC(=O)[C@H]([C@@H](C)O)NC(=O)[C@@H](CC(=O)O)NC1=O. The zero-order valence-electron chi connectivity index (χ0n) is 36.2. The topological polar surface area (TPSA) is 276 Å². The molecule has 19 nitrogen and oxygen atoms in total. The van der Waals surface area contributed by atoms with Gasteiger partial charge in [-0.2, -0.15) is 0 Å². The first kappa shape index (κ1) is 48.4. The highest BCUT2D eigenvalue weighted by Gasteiger charge is 2.45. The predicted octanol–water partition coefficient (Wildman–Crippen LogP) is -0.720. The number of rotatable bonds is 8. The monoisotopic (exact) mass is 856 g/mol. The Morgan fingerprint density at radius 3 is 1.95 bits per heavy atom. The molecule has 19 heteroatoms. The highest BCUT2D eigenvalue weighted by Crippen LogP contribution is 2.25. The molecule has 5 rings (SSSR count). The summed E-state index contributed by atoms with van der Waals surface area (Å²) in [6.07, 6.45) is -0.957. The van der Waals surface area contributed by atoms with E-state index < -0.39 is 114 Å². The molecular weight excluding hydrogens is 793 g/mol. The van der Waals surface area contributed by atoms with Crippen molar-refractivity contribution in [2.75, 3.05) is 19.6 Å². The molecule has 4 aliphatic heterocycles. The van der Waals surface area contributed by atoms with E-state index in [-0.39, 0.29) is 57.0 Å². The average Bonchev–Trinajstić information content (AvgIpc) is 3.64. The second-order valence-corrected chi connectivity index (χ2v) is 18.0. The van der Waals surface area contributed by atoms with Crippen molar-refractivity contribution in [1.29, 1.82) is 0 Å². The zero-order valence-corrected chi connectivity index (χ0v) is 36.2. The van der Waals surface area contributed by atoms with Crippen molar-refractivity contribution in [3.63, 3.8) is 0 Å². The van der Waals surface area contributed by atoms with Crippen molar-refractivity contribution in [1.82, 2.24) is 41.7 Å². The summed E-state index contributed by atoms with van der Waals surface area (Å²) in [5.41, 5.74) is -0.0777. The van der Waals surface area contributed by atoms with Gasteiger partial charge in [0, 0.05) is 31.0 Å². The van der Waals surface area contributed by atoms with Gasteiger partial charge in [-0.15, -0.1) is 0 Å². The van der Waals surface area contributed by atoms with Crippen LogP contribution in [0.2, 0.25) is 0 Å². The van der Waals surface area contributed by atoms with Crippen LogP contribution in [0.5, 0.6) is 5.75 Å². The normalized spacial score (nSPS) is 28.5. The van der Waals surface area contributed by atoms with Gasteiger partial charge in [0.05, 0.1) is 24.6 Å². The van der Waals surface area contributed by atoms with Gasteiger partial charge >= 0.3 is 5.97 Å². The molecule has 1 unspecified atom stereocenters. The molecule has 4 saturated heterocycles. The third-order valence-electron chi connectivity index (χ3n) is 11.1. The Bertz CT molecular complexity index is 1770. The molecule has 0 aromatic heterocycles. The molecule has 0 aliphatic carbocycles. The number of fused-ring (bicyclic) bond motifs is 17. The van der Waals surface area contributed by atoms with Crippen LogP contribution in [0.4, 0.5) is 0 Å². The molecule has 7 amide bonds. The Labute approximate surface area is 356 Å². The Kier molecular flexibility index (Phi) is 16.6. The van der Waals surface area contributed by atoms with Crippen LogP contribution >= 0.6 is 0 Å². The summed E-state index contributed by atoms with van der Waals surface area (Å²) in [6, 6.07) is -2.55. The molecule has 1 aromatic carbocycles. The van der Waals surface area contributed by atoms with Crippen LogP contribution < -0.4 is 31.9 Å². The summed E-state index contributed by atoms with van der Waals surface area (Å²) in [7, 11) is 0. The number of hydrogen-bond acceptors (Lipinski definition) is 11. The van der Waals surface area contributed by atoms with Crippen molar-refractivity contribution in [2.24, 2.45) is 11.8 Å². The summed E-state index contributed by atoms with van der Waals surface area (Å²) in [6.45, 7) is 12.3. The van der Waals surface area contributed by atoms with Crippen LogP contribution in [0.3, 0.4) is 0 Å². The fourth-order valence-corrected chi connectivity index (χ4v) is 8.13. The number of amides is 7. The lowest BCUT2D eigenvalue weighted by Crippen LogP contribution is -2.65. The smallest absolute Gasteiger partial charge is 0.305 e. The molecule has 4 fully saturated rings. The Morgan fingerprint density at radius 2 is 1.38 bits per heavy atom. The van der Waals surface area contributed by atoms with Gasteiger partial charge in [-0.25, -0.2) is 0 Å². The highest BCUT2D eigenvalue weighted by atomic mass is 16.4. The second kappa shape index (κ2) is 21.0. The number of carboxylic acid groups (broad SMARTS) is 1. The fraction of sp³-hybridized carbons (Fsp3) is 0.667. The van der Waals surface area contributed by atoms with Crippen molar-refractivity contribution in [2.45, 2.75) is 147 Å². The largest absolute Gasteiger partial charge is 0.508 e. The van der Waals surface area contributed by atoms with Gasteiger partial charge in [-0.3, -0.25) is 43.3 Å². The van der Waals surface area contributed by atoms with E-state index in [0.717, 1.165) is 0 Å². The van der Waals surface area contributed by atoms with E-state index in [9.17, 15) is 53.7 Å². The third-order valence-corrected chi connectivity index (χ3v) is 11.1. The summed E-state index contributed by atoms with van der Waals surface area (Å²) < 4.78 is 0. The molecule has 1 aromatic rings. The molecule has 0 spiro atoms. The lowest BCUT2D eigenvalue weighted by Gasteiger charge is -2.38. The Morgan fingerprint density at radius 1 is 0.787 bits per heavy atom. The number of carbonyl (C=O) groups is 8. The van der Waals surface area contributed by atoms with Crippen LogP contribution in [0.1, 0.15) is 92.6 Å². The molecule has 0 saturated carbocycles. The van der Waals surface area contributed by atoms with E-state index in [4.69, 9.17) is 0 Å². The van der Waals surface area contributed by atoms with Crippen LogP contribution in [0.15, 0.2) is 24.3 Å². The number of nitrogens with zero attached hydrogens (tertiary/aromatic N) is 2. The first-order valence-corrected chi connectivity index (χ1v) is 21.1. The number of nitrogens with one attached hydrogen (secondary N) is 6. The molecule has 61 heavy (non-hydrogen) atoms. The molecule has 8 atom stereocenters. The first-order valence-electron chi connectivity index (χ1n) is 21.1. The summed E-state index contributed by atoms with van der Waals surface area (Å²) in [5.74, 6) is -6.92. The maximum Gasteiger partial charge on any atom is 0.305 e. The minimum atomic E-state index is -1.72. The van der Waals surface area contributed by atoms with Crippen molar-refractivity contribution >= 4 is 47.3 Å². The van der Waals surface area contributed by atoms with Crippen LogP contribution in [0, 0.1) is 11.8 Å². The van der Waals surface area contributed by atoms with Gasteiger partial charge in [0.15, 0.2) is 0 Å². The molecular formula is C42H64N8O11. The fourth-order valence-electron chi connectivity index (χ4n) is 8.13. The van der Waals surface area contributed by atoms with E-state index in [1.165, 1.54) is 26.0 Å². The molecule has 2 bridgehead atoms. The maximum atomic E-state index is 14.4. The lowest BCUT2D eigenvalue weighted by atomic mass is 9.93. The van der Waals surface area contributed by atoms with Crippen LogP contribution in [0.25, 0.3) is 0 Å². The van der Waals surface area contributed by atoms with E-state index in [1.54, 1.807) is 42.7 Å². The number of phenols is 1. The number of aromatic hydroxyl groups is 1. The molecule has 4 heterocycles. The number of hydrogen-bond donors (Lipinski definition) is 9. The molecule has 4 aliphatic rings. The van der Waals surface area contributed by atoms with E-state index in [1.807, 2.05) is 13.8 Å².